The smallest absolute Gasteiger partial charge is 0.407 e. The number of aromatic nitrogens is 2. The highest BCUT2D eigenvalue weighted by molar-refractivity contribution is 6.34. The van der Waals surface area contributed by atoms with Crippen molar-refractivity contribution in [3.8, 4) is 16.9 Å². The van der Waals surface area contributed by atoms with Crippen LogP contribution < -0.4 is 14.5 Å². The van der Waals surface area contributed by atoms with Gasteiger partial charge < -0.3 is 19.6 Å². The van der Waals surface area contributed by atoms with Crippen molar-refractivity contribution in [3.05, 3.63) is 46.7 Å². The van der Waals surface area contributed by atoms with Crippen LogP contribution in [0.3, 0.4) is 0 Å². The minimum absolute atomic E-state index is 0.0685. The second-order valence-electron chi connectivity index (χ2n) is 7.38. The van der Waals surface area contributed by atoms with Crippen molar-refractivity contribution in [3.63, 3.8) is 0 Å². The summed E-state index contributed by atoms with van der Waals surface area (Å²) in [5, 5.41) is 13.0. The van der Waals surface area contributed by atoms with Crippen molar-refractivity contribution in [2.24, 2.45) is 5.11 Å². The summed E-state index contributed by atoms with van der Waals surface area (Å²) >= 11 is 6.46. The van der Waals surface area contributed by atoms with Crippen LogP contribution in [0.1, 0.15) is 5.82 Å². The summed E-state index contributed by atoms with van der Waals surface area (Å²) in [5.74, 6) is -1.07. The highest BCUT2D eigenvalue weighted by Gasteiger charge is 2.27. The summed E-state index contributed by atoms with van der Waals surface area (Å²) in [4.78, 5) is 26.0. The van der Waals surface area contributed by atoms with Crippen LogP contribution in [0.4, 0.5) is 19.4 Å². The molecule has 0 aliphatic carbocycles. The first-order chi connectivity index (χ1) is 16.3. The Bertz CT molecular complexity index is 1330. The normalized spacial score (nSPS) is 13.6. The average Bonchev–Trinajstić information content (AvgIpc) is 2.83. The van der Waals surface area contributed by atoms with E-state index in [4.69, 9.17) is 21.9 Å². The van der Waals surface area contributed by atoms with Gasteiger partial charge in [0.2, 0.25) is 4.91 Å². The number of piperazine rings is 1. The van der Waals surface area contributed by atoms with E-state index in [-0.39, 0.29) is 58.3 Å². The number of nitrogens with one attached hydrogen (secondary N) is 1. The van der Waals surface area contributed by atoms with Crippen LogP contribution in [0.2, 0.25) is 5.02 Å². The molecule has 0 bridgehead atoms. The second-order valence-corrected chi connectivity index (χ2v) is 7.79. The van der Waals surface area contributed by atoms with Crippen molar-refractivity contribution in [2.75, 3.05) is 38.2 Å². The molecule has 1 saturated heterocycles. The number of ether oxygens (including phenoxy) is 1. The highest BCUT2D eigenvalue weighted by atomic mass is 35.5. The van der Waals surface area contributed by atoms with Gasteiger partial charge in [0.1, 0.15) is 33.5 Å². The van der Waals surface area contributed by atoms with Crippen molar-refractivity contribution >= 4 is 34.4 Å². The first-order valence-corrected chi connectivity index (χ1v) is 10.5. The van der Waals surface area contributed by atoms with Gasteiger partial charge in [0.15, 0.2) is 18.2 Å². The summed E-state index contributed by atoms with van der Waals surface area (Å²) in [6.45, 7) is 0.883. The minimum atomic E-state index is -1.03. The predicted molar refractivity (Wildman–Crippen MR) is 119 cm³/mol. The largest absolute Gasteiger partial charge is 0.496 e. The molecule has 0 unspecified atom stereocenters. The molecule has 2 heterocycles. The van der Waals surface area contributed by atoms with Gasteiger partial charge in [0, 0.05) is 37.1 Å². The van der Waals surface area contributed by atoms with Crippen LogP contribution in [0, 0.1) is 17.2 Å². The molecule has 0 saturated carbocycles. The molecule has 2 aromatic carbocycles. The number of methoxy groups -OCH3 is 1. The Kier molecular flexibility index (Phi) is 6.53. The SMILES string of the molecule is COc1cccc(F)c1-c1c(Cl)cc2c(N3CCN(C(=O)O)CC3)nc(CN=[N+]=N)nc2c1F. The molecule has 176 valence electrons. The molecule has 1 amide bonds. The fourth-order valence-corrected chi connectivity index (χ4v) is 4.18. The first-order valence-electron chi connectivity index (χ1n) is 10.1. The number of fused-ring (bicyclic) bond motifs is 1. The van der Waals surface area contributed by atoms with Crippen molar-refractivity contribution in [1.82, 2.24) is 19.8 Å². The summed E-state index contributed by atoms with van der Waals surface area (Å²) < 4.78 is 35.9. The Hall–Kier alpha value is -3.89. The molecule has 3 aromatic rings. The standard InChI is InChI=1S/C21H18ClF2N7O3/c1-34-14-4-2-3-13(23)17(14)16-12(22)9-11-19(18(16)24)27-15(10-26-29-25)28-20(11)30-5-7-31(8-6-30)21(32)33/h2-4,9,25H,5-8,10H2,1H3/p+1. The lowest BCUT2D eigenvalue weighted by Crippen LogP contribution is -2.48. The van der Waals surface area contributed by atoms with Crippen LogP contribution in [0.25, 0.3) is 22.0 Å². The number of amides is 1. The van der Waals surface area contributed by atoms with Gasteiger partial charge in [-0.15, -0.1) is 0 Å². The van der Waals surface area contributed by atoms with Gasteiger partial charge in [-0.25, -0.2) is 23.5 Å². The Labute approximate surface area is 197 Å². The third-order valence-electron chi connectivity index (χ3n) is 5.49. The molecular weight excluding hydrogens is 472 g/mol. The molecule has 0 radical (unpaired) electrons. The van der Waals surface area contributed by atoms with Crippen LogP contribution in [-0.2, 0) is 6.54 Å². The molecule has 13 heteroatoms. The molecule has 4 rings (SSSR count). The molecule has 1 aromatic heterocycles. The third kappa shape index (κ3) is 4.20. The molecule has 0 spiro atoms. The van der Waals surface area contributed by atoms with Crippen molar-refractivity contribution < 1.29 is 23.4 Å². The summed E-state index contributed by atoms with van der Waals surface area (Å²) in [6.07, 6.45) is -1.03. The maximum absolute atomic E-state index is 15.9. The van der Waals surface area contributed by atoms with Gasteiger partial charge >= 0.3 is 6.09 Å². The van der Waals surface area contributed by atoms with E-state index in [1.165, 1.54) is 36.3 Å². The van der Waals surface area contributed by atoms with E-state index < -0.39 is 17.7 Å². The minimum Gasteiger partial charge on any atom is -0.496 e. The van der Waals surface area contributed by atoms with Gasteiger partial charge in [-0.3, -0.25) is 0 Å². The Morgan fingerprint density at radius 3 is 2.65 bits per heavy atom. The lowest BCUT2D eigenvalue weighted by Gasteiger charge is -2.34. The molecule has 1 aliphatic heterocycles. The van der Waals surface area contributed by atoms with E-state index in [2.05, 4.69) is 20.0 Å². The molecule has 0 atom stereocenters. The number of hydrogen-bond acceptors (Lipinski definition) is 7. The molecule has 2 N–H and O–H groups in total. The Morgan fingerprint density at radius 2 is 2.00 bits per heavy atom. The molecule has 34 heavy (non-hydrogen) atoms. The number of hydrogen-bond donors (Lipinski definition) is 2. The number of rotatable bonds is 5. The van der Waals surface area contributed by atoms with Gasteiger partial charge in [-0.1, -0.05) is 17.7 Å². The van der Waals surface area contributed by atoms with Crippen molar-refractivity contribution in [2.45, 2.75) is 6.54 Å². The Balaban J connectivity index is 1.93. The Morgan fingerprint density at radius 1 is 1.26 bits per heavy atom. The van der Waals surface area contributed by atoms with Gasteiger partial charge in [0.05, 0.1) is 17.7 Å². The fourth-order valence-electron chi connectivity index (χ4n) is 3.89. The van der Waals surface area contributed by atoms with E-state index >= 15 is 4.39 Å². The monoisotopic (exact) mass is 490 g/mol. The van der Waals surface area contributed by atoms with Crippen molar-refractivity contribution in [1.29, 1.82) is 5.53 Å². The van der Waals surface area contributed by atoms with Crippen LogP contribution in [0.15, 0.2) is 29.4 Å². The maximum Gasteiger partial charge on any atom is 0.407 e. The van der Waals surface area contributed by atoms with Gasteiger partial charge in [0.25, 0.3) is 0 Å². The van der Waals surface area contributed by atoms with E-state index in [1.807, 2.05) is 0 Å². The average molecular weight is 491 g/mol. The topological polar surface area (TPSA) is 129 Å². The molecule has 10 nitrogen and oxygen atoms in total. The lowest BCUT2D eigenvalue weighted by molar-refractivity contribution is 0.142. The predicted octanol–water partition coefficient (Wildman–Crippen LogP) is 4.09. The van der Waals surface area contributed by atoms with Crippen LogP contribution in [-0.4, -0.2) is 59.4 Å². The second kappa shape index (κ2) is 9.54. The molecule has 1 fully saturated rings. The zero-order chi connectivity index (χ0) is 24.4. The summed E-state index contributed by atoms with van der Waals surface area (Å²) in [6, 6.07) is 5.55. The van der Waals surface area contributed by atoms with Crippen LogP contribution in [0.5, 0.6) is 5.75 Å². The molecule has 1 aliphatic rings. The number of benzene rings is 2. The van der Waals surface area contributed by atoms with E-state index in [1.54, 1.807) is 4.90 Å². The lowest BCUT2D eigenvalue weighted by atomic mass is 10.0. The highest BCUT2D eigenvalue weighted by Crippen LogP contribution is 2.42. The quantitative estimate of drug-likeness (QED) is 0.409. The maximum atomic E-state index is 15.9. The van der Waals surface area contributed by atoms with E-state index in [0.717, 1.165) is 0 Å². The third-order valence-corrected chi connectivity index (χ3v) is 5.79. The van der Waals surface area contributed by atoms with E-state index in [9.17, 15) is 14.3 Å². The number of carbonyl (C=O) groups is 1. The van der Waals surface area contributed by atoms with E-state index in [0.29, 0.717) is 18.9 Å². The zero-order valence-electron chi connectivity index (χ0n) is 17.9. The number of halogens is 3. The number of anilines is 1. The van der Waals surface area contributed by atoms with Gasteiger partial charge in [-0.05, 0) is 18.2 Å². The van der Waals surface area contributed by atoms with Gasteiger partial charge in [-0.2, -0.15) is 0 Å². The summed E-state index contributed by atoms with van der Waals surface area (Å²) in [5.41, 5.74) is 6.42. The first kappa shape index (κ1) is 23.3. The molecular formula is C21H19ClF2N7O3+. The zero-order valence-corrected chi connectivity index (χ0v) is 18.7. The number of carboxylic acid groups (broad SMARTS) is 1. The summed E-state index contributed by atoms with van der Waals surface area (Å²) in [7, 11) is 1.34. The number of nitrogens with zero attached hydrogens (tertiary/aromatic N) is 6. The van der Waals surface area contributed by atoms with Crippen LogP contribution >= 0.6 is 11.6 Å². The fraction of sp³-hybridized carbons (Fsp3) is 0.286.